The Kier molecular flexibility index (Phi) is 6.54. The van der Waals surface area contributed by atoms with E-state index in [1.807, 2.05) is 12.1 Å². The summed E-state index contributed by atoms with van der Waals surface area (Å²) in [5.74, 6) is 0. The predicted octanol–water partition coefficient (Wildman–Crippen LogP) is 5.57. The van der Waals surface area contributed by atoms with Gasteiger partial charge in [-0.15, -0.1) is 0 Å². The van der Waals surface area contributed by atoms with Crippen molar-refractivity contribution >= 4 is 11.6 Å². The average Bonchev–Trinajstić information content (AvgIpc) is 2.36. The number of hydrogen-bond donors (Lipinski definition) is 1. The number of rotatable bonds is 7. The zero-order chi connectivity index (χ0) is 15.2. The summed E-state index contributed by atoms with van der Waals surface area (Å²) in [5.41, 5.74) is 1.59. The highest BCUT2D eigenvalue weighted by molar-refractivity contribution is 6.31. The molecule has 1 aromatic carbocycles. The van der Waals surface area contributed by atoms with Gasteiger partial charge in [0.25, 0.3) is 0 Å². The van der Waals surface area contributed by atoms with Gasteiger partial charge in [0, 0.05) is 22.5 Å². The summed E-state index contributed by atoms with van der Waals surface area (Å²) < 4.78 is 0. The molecule has 20 heavy (non-hydrogen) atoms. The minimum atomic E-state index is 0.133. The quantitative estimate of drug-likeness (QED) is 0.694. The summed E-state index contributed by atoms with van der Waals surface area (Å²) in [5, 5.41) is 4.61. The summed E-state index contributed by atoms with van der Waals surface area (Å²) in [6.45, 7) is 12.2. The van der Waals surface area contributed by atoms with Gasteiger partial charge in [-0.3, -0.25) is 0 Å². The number of nitrogens with one attached hydrogen (secondary N) is 1. The summed E-state index contributed by atoms with van der Waals surface area (Å²) in [6, 6.07) is 8.36. The minimum absolute atomic E-state index is 0.133. The summed E-state index contributed by atoms with van der Waals surface area (Å²) in [4.78, 5) is 0. The van der Waals surface area contributed by atoms with Crippen molar-refractivity contribution in [3.8, 4) is 0 Å². The monoisotopic (exact) mass is 295 g/mol. The Hall–Kier alpha value is -0.530. The van der Waals surface area contributed by atoms with Crippen LogP contribution in [0.2, 0.25) is 5.02 Å². The van der Waals surface area contributed by atoms with Gasteiger partial charge in [0.15, 0.2) is 0 Å². The first-order valence-corrected chi connectivity index (χ1v) is 8.22. The number of benzene rings is 1. The van der Waals surface area contributed by atoms with E-state index in [4.69, 9.17) is 11.6 Å². The van der Waals surface area contributed by atoms with Crippen LogP contribution in [-0.2, 0) is 5.41 Å². The van der Waals surface area contributed by atoms with E-state index in [-0.39, 0.29) is 11.0 Å². The zero-order valence-electron chi connectivity index (χ0n) is 13.7. The molecule has 1 aromatic rings. The molecule has 0 radical (unpaired) electrons. The lowest BCUT2D eigenvalue weighted by molar-refractivity contribution is 0.292. The lowest BCUT2D eigenvalue weighted by Gasteiger charge is -2.38. The standard InChI is InChI=1S/C18H30ClN/c1-6-12-18(13-7-2,14-20-17(3,4)5)15-10-8-9-11-16(15)19/h8-11,20H,6-7,12-14H2,1-5H3. The smallest absolute Gasteiger partial charge is 0.0444 e. The van der Waals surface area contributed by atoms with Gasteiger partial charge in [-0.2, -0.15) is 0 Å². The van der Waals surface area contributed by atoms with E-state index >= 15 is 0 Å². The van der Waals surface area contributed by atoms with Gasteiger partial charge in [-0.05, 0) is 45.2 Å². The van der Waals surface area contributed by atoms with Crippen LogP contribution < -0.4 is 5.32 Å². The molecule has 1 rings (SSSR count). The molecule has 0 saturated heterocycles. The largest absolute Gasteiger partial charge is 0.311 e. The lowest BCUT2D eigenvalue weighted by Crippen LogP contribution is -2.46. The number of halogens is 1. The molecule has 0 spiro atoms. The van der Waals surface area contributed by atoms with Crippen LogP contribution in [0.1, 0.15) is 65.9 Å². The third kappa shape index (κ3) is 4.79. The van der Waals surface area contributed by atoms with Crippen molar-refractivity contribution in [1.29, 1.82) is 0 Å². The molecule has 0 aliphatic rings. The summed E-state index contributed by atoms with van der Waals surface area (Å²) in [7, 11) is 0. The molecule has 0 unspecified atom stereocenters. The molecule has 0 heterocycles. The molecular formula is C18H30ClN. The second kappa shape index (κ2) is 7.47. The molecule has 0 aliphatic heterocycles. The molecule has 2 heteroatoms. The highest BCUT2D eigenvalue weighted by Crippen LogP contribution is 2.38. The molecule has 114 valence electrons. The third-order valence-corrected chi connectivity index (χ3v) is 4.19. The first kappa shape index (κ1) is 17.5. The third-order valence-electron chi connectivity index (χ3n) is 3.86. The fourth-order valence-corrected chi connectivity index (χ4v) is 3.29. The van der Waals surface area contributed by atoms with Gasteiger partial charge in [0.05, 0.1) is 0 Å². The van der Waals surface area contributed by atoms with Gasteiger partial charge >= 0.3 is 0 Å². The second-order valence-corrected chi connectivity index (χ2v) is 7.27. The maximum Gasteiger partial charge on any atom is 0.0444 e. The van der Waals surface area contributed by atoms with Crippen molar-refractivity contribution in [2.75, 3.05) is 6.54 Å². The van der Waals surface area contributed by atoms with Gasteiger partial charge in [0.2, 0.25) is 0 Å². The van der Waals surface area contributed by atoms with E-state index in [2.05, 4.69) is 52.1 Å². The van der Waals surface area contributed by atoms with Crippen molar-refractivity contribution in [3.63, 3.8) is 0 Å². The molecule has 0 bridgehead atoms. The maximum absolute atomic E-state index is 6.50. The SMILES string of the molecule is CCCC(CCC)(CNC(C)(C)C)c1ccccc1Cl. The van der Waals surface area contributed by atoms with Crippen molar-refractivity contribution < 1.29 is 0 Å². The Morgan fingerprint density at radius 2 is 1.55 bits per heavy atom. The van der Waals surface area contributed by atoms with Crippen molar-refractivity contribution in [2.24, 2.45) is 0 Å². The van der Waals surface area contributed by atoms with Crippen LogP contribution >= 0.6 is 11.6 Å². The molecule has 0 fully saturated rings. The fraction of sp³-hybridized carbons (Fsp3) is 0.667. The average molecular weight is 296 g/mol. The summed E-state index contributed by atoms with van der Waals surface area (Å²) >= 11 is 6.50. The highest BCUT2D eigenvalue weighted by atomic mass is 35.5. The molecule has 0 atom stereocenters. The highest BCUT2D eigenvalue weighted by Gasteiger charge is 2.33. The van der Waals surface area contributed by atoms with Crippen molar-refractivity contribution in [1.82, 2.24) is 5.32 Å². The van der Waals surface area contributed by atoms with Crippen molar-refractivity contribution in [2.45, 2.75) is 71.3 Å². The van der Waals surface area contributed by atoms with Crippen LogP contribution in [0, 0.1) is 0 Å². The van der Waals surface area contributed by atoms with Gasteiger partial charge in [-0.25, -0.2) is 0 Å². The van der Waals surface area contributed by atoms with E-state index in [0.29, 0.717) is 0 Å². The van der Waals surface area contributed by atoms with Crippen LogP contribution in [0.5, 0.6) is 0 Å². The van der Waals surface area contributed by atoms with Gasteiger partial charge in [-0.1, -0.05) is 56.5 Å². The van der Waals surface area contributed by atoms with Crippen LogP contribution in [0.25, 0.3) is 0 Å². The zero-order valence-corrected chi connectivity index (χ0v) is 14.5. The Morgan fingerprint density at radius 3 is 2.00 bits per heavy atom. The molecule has 0 aliphatic carbocycles. The Labute approximate surface area is 130 Å². The molecule has 1 nitrogen and oxygen atoms in total. The van der Waals surface area contributed by atoms with Crippen LogP contribution in [0.15, 0.2) is 24.3 Å². The molecular weight excluding hydrogens is 266 g/mol. The molecule has 1 N–H and O–H groups in total. The lowest BCUT2D eigenvalue weighted by atomic mass is 9.73. The van der Waals surface area contributed by atoms with E-state index in [0.717, 1.165) is 11.6 Å². The Morgan fingerprint density at radius 1 is 1.00 bits per heavy atom. The van der Waals surface area contributed by atoms with Crippen LogP contribution in [-0.4, -0.2) is 12.1 Å². The first-order chi connectivity index (χ1) is 9.34. The normalized spacial score (nSPS) is 12.7. The Bertz CT molecular complexity index is 400. The van der Waals surface area contributed by atoms with E-state index in [1.165, 1.54) is 31.2 Å². The molecule has 0 amide bonds. The molecule has 0 saturated carbocycles. The predicted molar refractivity (Wildman–Crippen MR) is 90.7 cm³/mol. The Balaban J connectivity index is 3.13. The van der Waals surface area contributed by atoms with E-state index < -0.39 is 0 Å². The van der Waals surface area contributed by atoms with Crippen LogP contribution in [0.4, 0.5) is 0 Å². The molecule has 0 aromatic heterocycles. The van der Waals surface area contributed by atoms with Gasteiger partial charge < -0.3 is 5.32 Å². The summed E-state index contributed by atoms with van der Waals surface area (Å²) in [6.07, 6.45) is 4.70. The van der Waals surface area contributed by atoms with E-state index in [9.17, 15) is 0 Å². The fourth-order valence-electron chi connectivity index (χ4n) is 2.95. The van der Waals surface area contributed by atoms with Crippen molar-refractivity contribution in [3.05, 3.63) is 34.9 Å². The maximum atomic E-state index is 6.50. The topological polar surface area (TPSA) is 12.0 Å². The van der Waals surface area contributed by atoms with Gasteiger partial charge in [0.1, 0.15) is 0 Å². The first-order valence-electron chi connectivity index (χ1n) is 7.84. The van der Waals surface area contributed by atoms with E-state index in [1.54, 1.807) is 0 Å². The minimum Gasteiger partial charge on any atom is -0.311 e. The number of hydrogen-bond acceptors (Lipinski definition) is 1. The second-order valence-electron chi connectivity index (χ2n) is 6.86. The van der Waals surface area contributed by atoms with Crippen LogP contribution in [0.3, 0.4) is 0 Å².